The Balaban J connectivity index is 2.38. The molecule has 0 aliphatic carbocycles. The first-order valence-corrected chi connectivity index (χ1v) is 4.79. The number of rotatable bonds is 2. The number of nitrogens with zero attached hydrogens (tertiary/aromatic N) is 2. The summed E-state index contributed by atoms with van der Waals surface area (Å²) in [5.74, 6) is -2.14. The molecular formula is C11H9F2N3O. The van der Waals surface area contributed by atoms with E-state index in [1.54, 1.807) is 6.92 Å². The van der Waals surface area contributed by atoms with Crippen LogP contribution in [0.1, 0.15) is 5.69 Å². The molecule has 0 spiro atoms. The molecule has 1 aromatic heterocycles. The van der Waals surface area contributed by atoms with Crippen LogP contribution >= 0.6 is 0 Å². The molecule has 1 aromatic carbocycles. The highest BCUT2D eigenvalue weighted by molar-refractivity contribution is 5.32. The number of aryl methyl sites for hydroxylation is 1. The largest absolute Gasteiger partial charge is 0.433 e. The normalized spacial score (nSPS) is 10.3. The molecule has 2 aromatic rings. The van der Waals surface area contributed by atoms with Gasteiger partial charge in [0.15, 0.2) is 11.6 Å². The van der Waals surface area contributed by atoms with Crippen LogP contribution < -0.4 is 10.5 Å². The third kappa shape index (κ3) is 2.47. The zero-order chi connectivity index (χ0) is 12.4. The fraction of sp³-hybridized carbons (Fsp3) is 0.0909. The molecule has 0 amide bonds. The number of nitrogen functional groups attached to an aromatic ring is 1. The lowest BCUT2D eigenvalue weighted by molar-refractivity contribution is 0.395. The van der Waals surface area contributed by atoms with E-state index in [1.807, 2.05) is 0 Å². The van der Waals surface area contributed by atoms with Crippen LogP contribution in [0.2, 0.25) is 0 Å². The zero-order valence-electron chi connectivity index (χ0n) is 8.95. The van der Waals surface area contributed by atoms with E-state index in [1.165, 1.54) is 12.1 Å². The van der Waals surface area contributed by atoms with Crippen molar-refractivity contribution >= 4 is 5.95 Å². The van der Waals surface area contributed by atoms with Gasteiger partial charge >= 0.3 is 0 Å². The Hall–Kier alpha value is -2.24. The van der Waals surface area contributed by atoms with Crippen LogP contribution in [-0.2, 0) is 0 Å². The second kappa shape index (κ2) is 4.32. The Labute approximate surface area is 96.1 Å². The van der Waals surface area contributed by atoms with Crippen LogP contribution in [-0.4, -0.2) is 9.97 Å². The molecule has 88 valence electrons. The Bertz CT molecular complexity index is 520. The Morgan fingerprint density at radius 1 is 1.18 bits per heavy atom. The lowest BCUT2D eigenvalue weighted by Gasteiger charge is -2.07. The van der Waals surface area contributed by atoms with Crippen LogP contribution in [0.25, 0.3) is 0 Å². The summed E-state index contributed by atoms with van der Waals surface area (Å²) >= 11 is 0. The van der Waals surface area contributed by atoms with Gasteiger partial charge < -0.3 is 10.5 Å². The van der Waals surface area contributed by atoms with E-state index in [2.05, 4.69) is 9.97 Å². The summed E-state index contributed by atoms with van der Waals surface area (Å²) in [6, 6.07) is 4.87. The van der Waals surface area contributed by atoms with Crippen LogP contribution in [0.5, 0.6) is 11.6 Å². The highest BCUT2D eigenvalue weighted by Crippen LogP contribution is 2.26. The topological polar surface area (TPSA) is 61.0 Å². The number of aromatic nitrogens is 2. The standard InChI is InChI=1S/C11H9F2N3O/c1-6-5-9(16-11(14)15-6)17-10-7(12)3-2-4-8(10)13/h2-5H,1H3,(H2,14,15,16). The minimum Gasteiger partial charge on any atom is -0.433 e. The molecule has 6 heteroatoms. The van der Waals surface area contributed by atoms with E-state index in [0.717, 1.165) is 12.1 Å². The highest BCUT2D eigenvalue weighted by Gasteiger charge is 2.12. The number of halogens is 2. The van der Waals surface area contributed by atoms with Gasteiger partial charge in [-0.15, -0.1) is 0 Å². The van der Waals surface area contributed by atoms with Crippen LogP contribution in [0.3, 0.4) is 0 Å². The first-order valence-electron chi connectivity index (χ1n) is 4.79. The molecule has 1 heterocycles. The summed E-state index contributed by atoms with van der Waals surface area (Å²) < 4.78 is 31.6. The maximum absolute atomic E-state index is 13.3. The van der Waals surface area contributed by atoms with Crippen molar-refractivity contribution in [1.29, 1.82) is 0 Å². The summed E-state index contributed by atoms with van der Waals surface area (Å²) in [6.07, 6.45) is 0. The van der Waals surface area contributed by atoms with Crippen molar-refractivity contribution in [1.82, 2.24) is 9.97 Å². The summed E-state index contributed by atoms with van der Waals surface area (Å²) in [6.45, 7) is 1.67. The summed E-state index contributed by atoms with van der Waals surface area (Å²) in [4.78, 5) is 7.54. The molecule has 0 atom stereocenters. The van der Waals surface area contributed by atoms with Crippen molar-refractivity contribution in [3.05, 3.63) is 41.6 Å². The quantitative estimate of drug-likeness (QED) is 0.871. The van der Waals surface area contributed by atoms with Crippen molar-refractivity contribution in [2.45, 2.75) is 6.92 Å². The average molecular weight is 237 g/mol. The molecule has 0 aliphatic heterocycles. The molecule has 2 N–H and O–H groups in total. The minimum atomic E-state index is -0.806. The van der Waals surface area contributed by atoms with Gasteiger partial charge in [-0.3, -0.25) is 0 Å². The van der Waals surface area contributed by atoms with Gasteiger partial charge in [0.2, 0.25) is 17.6 Å². The molecule has 0 bridgehead atoms. The van der Waals surface area contributed by atoms with Gasteiger partial charge in [-0.2, -0.15) is 4.98 Å². The monoisotopic (exact) mass is 237 g/mol. The second-order valence-electron chi connectivity index (χ2n) is 3.36. The van der Waals surface area contributed by atoms with Crippen LogP contribution in [0.4, 0.5) is 14.7 Å². The first-order chi connectivity index (χ1) is 8.06. The number of hydrogen-bond acceptors (Lipinski definition) is 4. The van der Waals surface area contributed by atoms with E-state index < -0.39 is 17.4 Å². The van der Waals surface area contributed by atoms with Crippen molar-refractivity contribution in [3.63, 3.8) is 0 Å². The van der Waals surface area contributed by atoms with Gasteiger partial charge in [0.05, 0.1) is 0 Å². The fourth-order valence-electron chi connectivity index (χ4n) is 1.30. The molecule has 4 nitrogen and oxygen atoms in total. The van der Waals surface area contributed by atoms with E-state index in [4.69, 9.17) is 10.5 Å². The van der Waals surface area contributed by atoms with Crippen molar-refractivity contribution in [2.75, 3.05) is 5.73 Å². The molecule has 0 aliphatic rings. The Morgan fingerprint density at radius 2 is 1.82 bits per heavy atom. The molecule has 0 unspecified atom stereocenters. The molecule has 0 saturated heterocycles. The number of hydrogen-bond donors (Lipinski definition) is 1. The van der Waals surface area contributed by atoms with Gasteiger partial charge in [0.1, 0.15) is 0 Å². The van der Waals surface area contributed by atoms with Gasteiger partial charge in [-0.25, -0.2) is 13.8 Å². The van der Waals surface area contributed by atoms with Crippen molar-refractivity contribution < 1.29 is 13.5 Å². The fourth-order valence-corrected chi connectivity index (χ4v) is 1.30. The zero-order valence-corrected chi connectivity index (χ0v) is 8.95. The third-order valence-electron chi connectivity index (χ3n) is 1.97. The SMILES string of the molecule is Cc1cc(Oc2c(F)cccc2F)nc(N)n1. The highest BCUT2D eigenvalue weighted by atomic mass is 19.1. The smallest absolute Gasteiger partial charge is 0.224 e. The van der Waals surface area contributed by atoms with Crippen LogP contribution in [0, 0.1) is 18.6 Å². The average Bonchev–Trinajstić information content (AvgIpc) is 2.22. The van der Waals surface area contributed by atoms with Gasteiger partial charge in [-0.1, -0.05) is 6.07 Å². The molecule has 2 rings (SSSR count). The van der Waals surface area contributed by atoms with Gasteiger partial charge in [0, 0.05) is 11.8 Å². The van der Waals surface area contributed by atoms with E-state index >= 15 is 0 Å². The summed E-state index contributed by atoms with van der Waals surface area (Å²) in [5, 5.41) is 0. The molecule has 0 saturated carbocycles. The van der Waals surface area contributed by atoms with Gasteiger partial charge in [-0.05, 0) is 19.1 Å². The Morgan fingerprint density at radius 3 is 2.41 bits per heavy atom. The minimum absolute atomic E-state index is 0.000926. The van der Waals surface area contributed by atoms with Crippen molar-refractivity contribution in [3.8, 4) is 11.6 Å². The lowest BCUT2D eigenvalue weighted by atomic mass is 10.3. The van der Waals surface area contributed by atoms with Crippen molar-refractivity contribution in [2.24, 2.45) is 0 Å². The number of ether oxygens (including phenoxy) is 1. The van der Waals surface area contributed by atoms with E-state index in [9.17, 15) is 8.78 Å². The first kappa shape index (κ1) is 11.3. The molecule has 0 fully saturated rings. The molecular weight excluding hydrogens is 228 g/mol. The summed E-state index contributed by atoms with van der Waals surface area (Å²) in [5.41, 5.74) is 5.95. The maximum Gasteiger partial charge on any atom is 0.224 e. The predicted molar refractivity (Wildman–Crippen MR) is 57.6 cm³/mol. The van der Waals surface area contributed by atoms with Crippen LogP contribution in [0.15, 0.2) is 24.3 Å². The second-order valence-corrected chi connectivity index (χ2v) is 3.36. The third-order valence-corrected chi connectivity index (χ3v) is 1.97. The van der Waals surface area contributed by atoms with E-state index in [0.29, 0.717) is 5.69 Å². The summed E-state index contributed by atoms with van der Waals surface area (Å²) in [7, 11) is 0. The lowest BCUT2D eigenvalue weighted by Crippen LogP contribution is -2.00. The van der Waals surface area contributed by atoms with Gasteiger partial charge in [0.25, 0.3) is 0 Å². The number of anilines is 1. The Kier molecular flexibility index (Phi) is 2.86. The number of nitrogens with two attached hydrogens (primary N) is 1. The number of para-hydroxylation sites is 1. The molecule has 0 radical (unpaired) electrons. The predicted octanol–water partition coefficient (Wildman–Crippen LogP) is 2.44. The maximum atomic E-state index is 13.3. The van der Waals surface area contributed by atoms with E-state index in [-0.39, 0.29) is 11.8 Å². The number of benzene rings is 1. The molecule has 17 heavy (non-hydrogen) atoms.